The fraction of sp³-hybridized carbons (Fsp3) is 0.316. The molecule has 2 aromatic rings. The summed E-state index contributed by atoms with van der Waals surface area (Å²) in [6, 6.07) is 12.4. The predicted molar refractivity (Wildman–Crippen MR) is 104 cm³/mol. The zero-order valence-corrected chi connectivity index (χ0v) is 17.0. The van der Waals surface area contributed by atoms with E-state index in [0.29, 0.717) is 6.54 Å². The summed E-state index contributed by atoms with van der Waals surface area (Å²) in [6.45, 7) is 0.657. The van der Waals surface area contributed by atoms with Crippen molar-refractivity contribution in [1.29, 1.82) is 0 Å². The Morgan fingerprint density at radius 3 is 2.48 bits per heavy atom. The van der Waals surface area contributed by atoms with Gasteiger partial charge in [-0.3, -0.25) is 4.79 Å². The lowest BCUT2D eigenvalue weighted by atomic mass is 10.0. The normalized spacial score (nSPS) is 17.3. The number of likely N-dealkylation sites (tertiary alicyclic amines) is 1. The van der Waals surface area contributed by atoms with Crippen LogP contribution in [0.15, 0.2) is 57.9 Å². The highest BCUT2D eigenvalue weighted by Gasteiger charge is 2.29. The van der Waals surface area contributed by atoms with Gasteiger partial charge in [0.1, 0.15) is 5.82 Å². The van der Waals surface area contributed by atoms with Crippen LogP contribution in [0, 0.1) is 5.82 Å². The minimum atomic E-state index is -3.65. The van der Waals surface area contributed by atoms with Crippen molar-refractivity contribution in [3.63, 3.8) is 0 Å². The van der Waals surface area contributed by atoms with Gasteiger partial charge in [0.05, 0.1) is 10.9 Å². The maximum atomic E-state index is 13.1. The van der Waals surface area contributed by atoms with Crippen LogP contribution in [0.2, 0.25) is 0 Å². The number of halogens is 2. The molecule has 0 saturated carbocycles. The van der Waals surface area contributed by atoms with Gasteiger partial charge in [-0.2, -0.15) is 0 Å². The second kappa shape index (κ2) is 8.50. The number of nitrogens with one attached hydrogen (secondary N) is 1. The smallest absolute Gasteiger partial charge is 0.240 e. The van der Waals surface area contributed by atoms with Crippen LogP contribution in [0.4, 0.5) is 4.39 Å². The molecule has 0 aliphatic carbocycles. The van der Waals surface area contributed by atoms with E-state index in [1.54, 1.807) is 29.2 Å². The third-order valence-corrected chi connectivity index (χ3v) is 6.59. The second-order valence-corrected chi connectivity index (χ2v) is 9.08. The summed E-state index contributed by atoms with van der Waals surface area (Å²) >= 11 is 3.26. The Morgan fingerprint density at radius 2 is 1.81 bits per heavy atom. The molecule has 1 N–H and O–H groups in total. The summed E-state index contributed by atoms with van der Waals surface area (Å²) in [7, 11) is -3.65. The molecule has 1 atom stereocenters. The molecule has 3 rings (SSSR count). The molecule has 2 aromatic carbocycles. The van der Waals surface area contributed by atoms with Gasteiger partial charge in [-0.1, -0.05) is 28.1 Å². The van der Waals surface area contributed by atoms with Crippen LogP contribution in [0.25, 0.3) is 0 Å². The fourth-order valence-corrected chi connectivity index (χ4v) is 4.53. The average Bonchev–Trinajstić information content (AvgIpc) is 3.12. The first-order valence-corrected chi connectivity index (χ1v) is 10.9. The first-order chi connectivity index (χ1) is 12.9. The van der Waals surface area contributed by atoms with Gasteiger partial charge in [0.2, 0.25) is 15.9 Å². The van der Waals surface area contributed by atoms with Crippen molar-refractivity contribution in [2.24, 2.45) is 0 Å². The number of benzene rings is 2. The Hall–Kier alpha value is -1.77. The SMILES string of the molecule is O=C(CCNS(=O)(=O)c1ccc(Br)cc1)N1CCCC1c1ccc(F)cc1. The van der Waals surface area contributed by atoms with E-state index in [1.807, 2.05) is 0 Å². The van der Waals surface area contributed by atoms with Crippen LogP contribution in [0.1, 0.15) is 30.9 Å². The zero-order chi connectivity index (χ0) is 19.4. The highest BCUT2D eigenvalue weighted by atomic mass is 79.9. The third-order valence-electron chi connectivity index (χ3n) is 4.58. The van der Waals surface area contributed by atoms with E-state index in [2.05, 4.69) is 20.7 Å². The van der Waals surface area contributed by atoms with Gasteiger partial charge in [0, 0.05) is 24.0 Å². The fourth-order valence-electron chi connectivity index (χ4n) is 3.23. The molecule has 1 unspecified atom stereocenters. The molecule has 1 saturated heterocycles. The largest absolute Gasteiger partial charge is 0.336 e. The van der Waals surface area contributed by atoms with Crippen molar-refractivity contribution in [3.05, 3.63) is 64.4 Å². The van der Waals surface area contributed by atoms with E-state index in [4.69, 9.17) is 0 Å². The molecular weight excluding hydrogens is 435 g/mol. The minimum absolute atomic E-state index is 0.0316. The summed E-state index contributed by atoms with van der Waals surface area (Å²) in [5, 5.41) is 0. The molecule has 144 valence electrons. The molecule has 1 fully saturated rings. The predicted octanol–water partition coefficient (Wildman–Crippen LogP) is 3.62. The molecule has 0 spiro atoms. The monoisotopic (exact) mass is 454 g/mol. The third kappa shape index (κ3) is 4.94. The Kier molecular flexibility index (Phi) is 6.29. The molecule has 1 aliphatic rings. The standard InChI is InChI=1S/C19H20BrFN2O3S/c20-15-5-9-17(10-6-15)27(25,26)22-12-11-19(24)23-13-1-2-18(23)14-3-7-16(21)8-4-14/h3-10,18,22H,1-2,11-13H2. The van der Waals surface area contributed by atoms with Gasteiger partial charge in [-0.05, 0) is 54.8 Å². The van der Waals surface area contributed by atoms with Crippen LogP contribution in [0.5, 0.6) is 0 Å². The molecule has 1 aliphatic heterocycles. The lowest BCUT2D eigenvalue weighted by molar-refractivity contribution is -0.131. The van der Waals surface area contributed by atoms with Crippen molar-refractivity contribution < 1.29 is 17.6 Å². The lowest BCUT2D eigenvalue weighted by Gasteiger charge is -2.25. The van der Waals surface area contributed by atoms with Gasteiger partial charge in [-0.15, -0.1) is 0 Å². The van der Waals surface area contributed by atoms with Crippen LogP contribution >= 0.6 is 15.9 Å². The molecule has 1 amide bonds. The van der Waals surface area contributed by atoms with E-state index in [-0.39, 0.29) is 35.6 Å². The summed E-state index contributed by atoms with van der Waals surface area (Å²) in [5.41, 5.74) is 0.901. The van der Waals surface area contributed by atoms with Crippen LogP contribution in [0.3, 0.4) is 0 Å². The Morgan fingerprint density at radius 1 is 1.15 bits per heavy atom. The summed E-state index contributed by atoms with van der Waals surface area (Å²) in [5.74, 6) is -0.419. The first kappa shape index (κ1) is 20.0. The molecule has 1 heterocycles. The van der Waals surface area contributed by atoms with Gasteiger partial charge >= 0.3 is 0 Å². The maximum Gasteiger partial charge on any atom is 0.240 e. The number of nitrogens with zero attached hydrogens (tertiary/aromatic N) is 1. The van der Waals surface area contributed by atoms with Gasteiger partial charge in [0.25, 0.3) is 0 Å². The molecule has 8 heteroatoms. The number of amides is 1. The van der Waals surface area contributed by atoms with E-state index < -0.39 is 10.0 Å². The van der Waals surface area contributed by atoms with Crippen molar-refractivity contribution in [1.82, 2.24) is 9.62 Å². The van der Waals surface area contributed by atoms with E-state index in [0.717, 1.165) is 22.9 Å². The highest BCUT2D eigenvalue weighted by Crippen LogP contribution is 2.32. The van der Waals surface area contributed by atoms with Gasteiger partial charge in [-0.25, -0.2) is 17.5 Å². The quantitative estimate of drug-likeness (QED) is 0.724. The molecule has 0 bridgehead atoms. The number of sulfonamides is 1. The number of carbonyl (C=O) groups is 1. The van der Waals surface area contributed by atoms with E-state index >= 15 is 0 Å². The Balaban J connectivity index is 1.58. The lowest BCUT2D eigenvalue weighted by Crippen LogP contribution is -2.34. The first-order valence-electron chi connectivity index (χ1n) is 8.67. The van der Waals surface area contributed by atoms with Crippen LogP contribution in [-0.2, 0) is 14.8 Å². The van der Waals surface area contributed by atoms with Crippen molar-refractivity contribution >= 4 is 31.9 Å². The Labute approximate surface area is 166 Å². The second-order valence-electron chi connectivity index (χ2n) is 6.40. The summed E-state index contributed by atoms with van der Waals surface area (Å²) < 4.78 is 40.9. The van der Waals surface area contributed by atoms with Crippen molar-refractivity contribution in [2.75, 3.05) is 13.1 Å². The van der Waals surface area contributed by atoms with Crippen molar-refractivity contribution in [3.8, 4) is 0 Å². The molecule has 0 radical (unpaired) electrons. The zero-order valence-electron chi connectivity index (χ0n) is 14.6. The number of carbonyl (C=O) groups excluding carboxylic acids is 1. The van der Waals surface area contributed by atoms with E-state index in [1.165, 1.54) is 24.3 Å². The average molecular weight is 455 g/mol. The maximum absolute atomic E-state index is 13.1. The Bertz CT molecular complexity index is 902. The molecule has 0 aromatic heterocycles. The number of hydrogen-bond acceptors (Lipinski definition) is 3. The van der Waals surface area contributed by atoms with Gasteiger partial charge < -0.3 is 4.90 Å². The van der Waals surface area contributed by atoms with E-state index in [9.17, 15) is 17.6 Å². The minimum Gasteiger partial charge on any atom is -0.336 e. The molecule has 5 nitrogen and oxygen atoms in total. The van der Waals surface area contributed by atoms with Gasteiger partial charge in [0.15, 0.2) is 0 Å². The van der Waals surface area contributed by atoms with Crippen molar-refractivity contribution in [2.45, 2.75) is 30.2 Å². The molecular formula is C19H20BrFN2O3S. The number of hydrogen-bond donors (Lipinski definition) is 1. The van der Waals surface area contributed by atoms with Crippen LogP contribution in [-0.4, -0.2) is 32.3 Å². The summed E-state index contributed by atoms with van der Waals surface area (Å²) in [4.78, 5) is 14.5. The highest BCUT2D eigenvalue weighted by molar-refractivity contribution is 9.10. The number of rotatable bonds is 6. The summed E-state index contributed by atoms with van der Waals surface area (Å²) in [6.07, 6.45) is 1.77. The van der Waals surface area contributed by atoms with Crippen LogP contribution < -0.4 is 4.72 Å². The topological polar surface area (TPSA) is 66.5 Å². The molecule has 27 heavy (non-hydrogen) atoms.